The number of hydrogen-bond donors (Lipinski definition) is 1. The van der Waals surface area contributed by atoms with E-state index in [0.717, 1.165) is 27.8 Å². The number of nitrogens with zero attached hydrogens (tertiary/aromatic N) is 2. The van der Waals surface area contributed by atoms with Crippen molar-refractivity contribution in [3.63, 3.8) is 0 Å². The highest BCUT2D eigenvalue weighted by atomic mass is 35.5. The molecule has 0 bridgehead atoms. The van der Waals surface area contributed by atoms with Crippen molar-refractivity contribution >= 4 is 45.4 Å². The molecule has 6 nitrogen and oxygen atoms in total. The minimum atomic E-state index is -0.594. The molecule has 3 rings (SSSR count). The summed E-state index contributed by atoms with van der Waals surface area (Å²) in [4.78, 5) is 23.2. The number of hydrogen-bond acceptors (Lipinski definition) is 5. The molecule has 0 fully saturated rings. The summed E-state index contributed by atoms with van der Waals surface area (Å²) < 4.78 is 1.49. The highest BCUT2D eigenvalue weighted by Gasteiger charge is 2.23. The molecule has 8 heteroatoms. The van der Waals surface area contributed by atoms with Gasteiger partial charge in [0.1, 0.15) is 4.88 Å². The van der Waals surface area contributed by atoms with Crippen LogP contribution in [0.3, 0.4) is 0 Å². The first kappa shape index (κ1) is 15.7. The lowest BCUT2D eigenvalue weighted by atomic mass is 10.1. The molecule has 0 spiro atoms. The molecule has 0 aliphatic heterocycles. The lowest BCUT2D eigenvalue weighted by molar-refractivity contribution is -0.384. The Bertz CT molecular complexity index is 916. The normalized spacial score (nSPS) is 11.0. The van der Waals surface area contributed by atoms with Crippen molar-refractivity contribution in [2.24, 2.45) is 5.73 Å². The summed E-state index contributed by atoms with van der Waals surface area (Å²) in [6, 6.07) is 8.70. The lowest BCUT2D eigenvalue weighted by Gasteiger charge is -2.00. The van der Waals surface area contributed by atoms with Crippen LogP contribution in [0.25, 0.3) is 10.9 Å². The molecule has 2 heterocycles. The van der Waals surface area contributed by atoms with E-state index in [9.17, 15) is 14.9 Å². The summed E-state index contributed by atoms with van der Waals surface area (Å²) in [6.07, 6.45) is 2.38. The number of rotatable bonds is 4. The van der Waals surface area contributed by atoms with E-state index in [1.54, 1.807) is 6.20 Å². The quantitative estimate of drug-likeness (QED) is 0.576. The number of thiophene rings is 1. The third kappa shape index (κ3) is 2.74. The third-order valence-electron chi connectivity index (χ3n) is 3.50. The Kier molecular flexibility index (Phi) is 4.16. The smallest absolute Gasteiger partial charge is 0.299 e. The zero-order valence-electron chi connectivity index (χ0n) is 11.9. The second kappa shape index (κ2) is 6.11. The standard InChI is InChI=1S/C15H12ClN3O3S/c16-14-12(19(21)22)7-13(23-14)15(20)18-8-9(5-6-17)10-3-1-2-4-11(10)18/h1-4,7-8H,5-6,17H2. The van der Waals surface area contributed by atoms with Gasteiger partial charge in [-0.15, -0.1) is 11.3 Å². The zero-order chi connectivity index (χ0) is 16.6. The van der Waals surface area contributed by atoms with Crippen LogP contribution in [-0.2, 0) is 6.42 Å². The topological polar surface area (TPSA) is 91.2 Å². The molecule has 0 saturated heterocycles. The van der Waals surface area contributed by atoms with Crippen LogP contribution in [0.1, 0.15) is 15.2 Å². The first-order valence-corrected chi connectivity index (χ1v) is 8.00. The molecular weight excluding hydrogens is 338 g/mol. The Hall–Kier alpha value is -2.22. The van der Waals surface area contributed by atoms with E-state index in [2.05, 4.69) is 0 Å². The van der Waals surface area contributed by atoms with Gasteiger partial charge >= 0.3 is 0 Å². The van der Waals surface area contributed by atoms with Crippen LogP contribution >= 0.6 is 22.9 Å². The Morgan fingerprint density at radius 3 is 2.78 bits per heavy atom. The minimum Gasteiger partial charge on any atom is -0.330 e. The number of aromatic nitrogens is 1. The van der Waals surface area contributed by atoms with E-state index >= 15 is 0 Å². The van der Waals surface area contributed by atoms with E-state index in [4.69, 9.17) is 17.3 Å². The largest absolute Gasteiger partial charge is 0.330 e. The maximum absolute atomic E-state index is 12.7. The van der Waals surface area contributed by atoms with Crippen LogP contribution < -0.4 is 5.73 Å². The minimum absolute atomic E-state index is 0.00278. The molecule has 0 atom stereocenters. The van der Waals surface area contributed by atoms with Gasteiger partial charge in [0.15, 0.2) is 4.34 Å². The predicted octanol–water partition coefficient (Wildman–Crippen LogP) is 3.45. The third-order valence-corrected chi connectivity index (χ3v) is 4.83. The number of benzene rings is 1. The van der Waals surface area contributed by atoms with Crippen molar-refractivity contribution in [1.82, 2.24) is 4.57 Å². The molecule has 118 valence electrons. The number of carbonyl (C=O) groups excluding carboxylic acids is 1. The summed E-state index contributed by atoms with van der Waals surface area (Å²) in [5.74, 6) is -0.343. The van der Waals surface area contributed by atoms with Crippen molar-refractivity contribution in [2.75, 3.05) is 6.54 Å². The van der Waals surface area contributed by atoms with Crippen molar-refractivity contribution in [3.05, 3.63) is 61.4 Å². The van der Waals surface area contributed by atoms with E-state index < -0.39 is 4.92 Å². The summed E-state index contributed by atoms with van der Waals surface area (Å²) >= 11 is 6.75. The average Bonchev–Trinajstić information content (AvgIpc) is 3.09. The molecule has 0 amide bonds. The molecule has 0 unspecified atom stereocenters. The van der Waals surface area contributed by atoms with Crippen LogP contribution in [0.5, 0.6) is 0 Å². The summed E-state index contributed by atoms with van der Waals surface area (Å²) in [7, 11) is 0. The fourth-order valence-corrected chi connectivity index (χ4v) is 3.64. The van der Waals surface area contributed by atoms with E-state index in [1.807, 2.05) is 24.3 Å². The number of nitrogens with two attached hydrogens (primary N) is 1. The van der Waals surface area contributed by atoms with Gasteiger partial charge in [0.05, 0.1) is 10.4 Å². The molecule has 0 aliphatic carbocycles. The number of nitro groups is 1. The van der Waals surface area contributed by atoms with Gasteiger partial charge in [0, 0.05) is 17.6 Å². The van der Waals surface area contributed by atoms with Gasteiger partial charge in [0.25, 0.3) is 11.6 Å². The van der Waals surface area contributed by atoms with Gasteiger partial charge in [-0.2, -0.15) is 0 Å². The van der Waals surface area contributed by atoms with Crippen LogP contribution in [0.4, 0.5) is 5.69 Å². The van der Waals surface area contributed by atoms with Gasteiger partial charge in [-0.05, 0) is 24.6 Å². The SMILES string of the molecule is NCCc1cn(C(=O)c2cc([N+](=O)[O-])c(Cl)s2)c2ccccc12. The molecule has 2 aromatic heterocycles. The fourth-order valence-electron chi connectivity index (χ4n) is 2.48. The number of halogens is 1. The van der Waals surface area contributed by atoms with Crippen LogP contribution in [-0.4, -0.2) is 21.9 Å². The monoisotopic (exact) mass is 349 g/mol. The Labute approximate surface area is 140 Å². The maximum Gasteiger partial charge on any atom is 0.299 e. The summed E-state index contributed by atoms with van der Waals surface area (Å²) in [5, 5.41) is 11.8. The summed E-state index contributed by atoms with van der Waals surface area (Å²) in [5.41, 5.74) is 7.08. The van der Waals surface area contributed by atoms with Gasteiger partial charge in [-0.1, -0.05) is 29.8 Å². The Morgan fingerprint density at radius 2 is 2.13 bits per heavy atom. The summed E-state index contributed by atoms with van der Waals surface area (Å²) in [6.45, 7) is 0.471. The molecule has 23 heavy (non-hydrogen) atoms. The highest BCUT2D eigenvalue weighted by Crippen LogP contribution is 2.35. The second-order valence-corrected chi connectivity index (χ2v) is 6.57. The molecule has 0 radical (unpaired) electrons. The van der Waals surface area contributed by atoms with Crippen LogP contribution in [0.2, 0.25) is 4.34 Å². The van der Waals surface area contributed by atoms with Gasteiger partial charge in [-0.3, -0.25) is 19.5 Å². The van der Waals surface area contributed by atoms with Crippen molar-refractivity contribution in [2.45, 2.75) is 6.42 Å². The highest BCUT2D eigenvalue weighted by molar-refractivity contribution is 7.18. The lowest BCUT2D eigenvalue weighted by Crippen LogP contribution is -2.09. The van der Waals surface area contributed by atoms with Gasteiger partial charge in [0.2, 0.25) is 0 Å². The first-order valence-electron chi connectivity index (χ1n) is 6.80. The van der Waals surface area contributed by atoms with Gasteiger partial charge in [-0.25, -0.2) is 0 Å². The van der Waals surface area contributed by atoms with E-state index in [1.165, 1.54) is 10.6 Å². The molecule has 2 N–H and O–H groups in total. The number of para-hydroxylation sites is 1. The Balaban J connectivity index is 2.11. The van der Waals surface area contributed by atoms with E-state index in [-0.39, 0.29) is 20.8 Å². The van der Waals surface area contributed by atoms with E-state index in [0.29, 0.717) is 13.0 Å². The average molecular weight is 350 g/mol. The first-order chi connectivity index (χ1) is 11.0. The molecule has 0 aliphatic rings. The van der Waals surface area contributed by atoms with Crippen molar-refractivity contribution < 1.29 is 9.72 Å². The number of carbonyl (C=O) groups is 1. The van der Waals surface area contributed by atoms with Crippen molar-refractivity contribution in [3.8, 4) is 0 Å². The van der Waals surface area contributed by atoms with Crippen LogP contribution in [0.15, 0.2) is 36.5 Å². The second-order valence-electron chi connectivity index (χ2n) is 4.91. The molecule has 1 aromatic carbocycles. The van der Waals surface area contributed by atoms with Crippen LogP contribution in [0, 0.1) is 10.1 Å². The molecular formula is C15H12ClN3O3S. The fraction of sp³-hybridized carbons (Fsp3) is 0.133. The maximum atomic E-state index is 12.7. The molecule has 3 aromatic rings. The number of fused-ring (bicyclic) bond motifs is 1. The Morgan fingerprint density at radius 1 is 1.39 bits per heavy atom. The zero-order valence-corrected chi connectivity index (χ0v) is 13.4. The van der Waals surface area contributed by atoms with Crippen molar-refractivity contribution in [1.29, 1.82) is 0 Å². The molecule has 0 saturated carbocycles. The van der Waals surface area contributed by atoms with Gasteiger partial charge < -0.3 is 5.73 Å². The predicted molar refractivity (Wildman–Crippen MR) is 90.4 cm³/mol.